The standard InChI is InChI=1S/C22H21ClN2O6S2/c1-30-22(27)15-12-21(32-14-15)33(28,29)25-10-8-24(9-11-25)20(26)13-31-19-7-6-18(23)16-4-2-3-5-17(16)19/h2-7,12,14H,8-11,13H2,1H3. The van der Waals surface area contributed by atoms with Crippen LogP contribution in [0.15, 0.2) is 52.1 Å². The zero-order valence-corrected chi connectivity index (χ0v) is 20.1. The van der Waals surface area contributed by atoms with Crippen LogP contribution >= 0.6 is 22.9 Å². The SMILES string of the molecule is COC(=O)c1csc(S(=O)(=O)N2CCN(C(=O)COc3ccc(Cl)c4ccccc34)CC2)c1. The Morgan fingerprint density at radius 3 is 2.45 bits per heavy atom. The minimum atomic E-state index is -3.75. The van der Waals surface area contributed by atoms with E-state index in [1.54, 1.807) is 17.0 Å². The molecule has 1 saturated heterocycles. The summed E-state index contributed by atoms with van der Waals surface area (Å²) in [6.07, 6.45) is 0. The minimum absolute atomic E-state index is 0.0700. The molecule has 8 nitrogen and oxygen atoms in total. The number of methoxy groups -OCH3 is 1. The second-order valence-electron chi connectivity index (χ2n) is 7.31. The second-order valence-corrected chi connectivity index (χ2v) is 10.8. The summed E-state index contributed by atoms with van der Waals surface area (Å²) in [6.45, 7) is 0.647. The summed E-state index contributed by atoms with van der Waals surface area (Å²) in [5.74, 6) is -0.254. The Balaban J connectivity index is 1.36. The molecular formula is C22H21ClN2O6S2. The molecule has 1 fully saturated rings. The number of benzene rings is 2. The maximum atomic E-state index is 12.9. The largest absolute Gasteiger partial charge is 0.483 e. The Bertz CT molecular complexity index is 1300. The van der Waals surface area contributed by atoms with E-state index in [1.807, 2.05) is 24.3 Å². The van der Waals surface area contributed by atoms with E-state index in [1.165, 1.54) is 22.9 Å². The van der Waals surface area contributed by atoms with Crippen molar-refractivity contribution in [3.05, 3.63) is 58.4 Å². The fourth-order valence-corrected chi connectivity index (χ4v) is 6.52. The topological polar surface area (TPSA) is 93.2 Å². The highest BCUT2D eigenvalue weighted by atomic mass is 35.5. The molecule has 0 unspecified atom stereocenters. The van der Waals surface area contributed by atoms with E-state index in [-0.39, 0.29) is 48.5 Å². The van der Waals surface area contributed by atoms with Crippen LogP contribution in [0.4, 0.5) is 0 Å². The third kappa shape index (κ3) is 4.84. The number of nitrogens with zero attached hydrogens (tertiary/aromatic N) is 2. The summed E-state index contributed by atoms with van der Waals surface area (Å²) in [7, 11) is -2.51. The number of ether oxygens (including phenoxy) is 2. The van der Waals surface area contributed by atoms with E-state index in [9.17, 15) is 18.0 Å². The molecule has 2 aromatic carbocycles. The quantitative estimate of drug-likeness (QED) is 0.474. The minimum Gasteiger partial charge on any atom is -0.483 e. The van der Waals surface area contributed by atoms with Crippen molar-refractivity contribution in [1.29, 1.82) is 0 Å². The van der Waals surface area contributed by atoms with Crippen LogP contribution in [-0.4, -0.2) is 69.4 Å². The van der Waals surface area contributed by atoms with E-state index in [4.69, 9.17) is 16.3 Å². The molecule has 0 aliphatic carbocycles. The number of halogens is 1. The van der Waals surface area contributed by atoms with Crippen LogP contribution in [0.25, 0.3) is 10.8 Å². The summed E-state index contributed by atoms with van der Waals surface area (Å²) >= 11 is 7.19. The lowest BCUT2D eigenvalue weighted by molar-refractivity contribution is -0.134. The number of piperazine rings is 1. The predicted octanol–water partition coefficient (Wildman–Crippen LogP) is 3.25. The van der Waals surface area contributed by atoms with Gasteiger partial charge in [-0.3, -0.25) is 4.79 Å². The third-order valence-corrected chi connectivity index (χ3v) is 9.01. The highest BCUT2D eigenvalue weighted by Crippen LogP contribution is 2.31. The van der Waals surface area contributed by atoms with Crippen molar-refractivity contribution < 1.29 is 27.5 Å². The summed E-state index contributed by atoms with van der Waals surface area (Å²) in [6, 6.07) is 12.3. The molecule has 0 bridgehead atoms. The van der Waals surface area contributed by atoms with Gasteiger partial charge in [-0.15, -0.1) is 11.3 Å². The first-order chi connectivity index (χ1) is 15.8. The van der Waals surface area contributed by atoms with Gasteiger partial charge in [-0.25, -0.2) is 13.2 Å². The highest BCUT2D eigenvalue weighted by molar-refractivity contribution is 7.91. The van der Waals surface area contributed by atoms with Crippen molar-refractivity contribution in [3.8, 4) is 5.75 Å². The Morgan fingerprint density at radius 2 is 1.76 bits per heavy atom. The average molecular weight is 509 g/mol. The average Bonchev–Trinajstić information content (AvgIpc) is 3.35. The van der Waals surface area contributed by atoms with Gasteiger partial charge in [0.05, 0.1) is 12.7 Å². The number of sulfonamides is 1. The van der Waals surface area contributed by atoms with Crippen LogP contribution in [0.3, 0.4) is 0 Å². The van der Waals surface area contributed by atoms with Crippen molar-refractivity contribution in [2.75, 3.05) is 39.9 Å². The van der Waals surface area contributed by atoms with Gasteiger partial charge >= 0.3 is 5.97 Å². The molecular weight excluding hydrogens is 488 g/mol. The molecule has 0 radical (unpaired) electrons. The normalized spacial score (nSPS) is 14.9. The maximum absolute atomic E-state index is 12.9. The van der Waals surface area contributed by atoms with Gasteiger partial charge in [-0.05, 0) is 18.2 Å². The van der Waals surface area contributed by atoms with Gasteiger partial charge in [-0.1, -0.05) is 35.9 Å². The number of amides is 1. The van der Waals surface area contributed by atoms with Crippen molar-refractivity contribution in [3.63, 3.8) is 0 Å². The van der Waals surface area contributed by atoms with Gasteiger partial charge in [0.15, 0.2) is 6.61 Å². The van der Waals surface area contributed by atoms with Crippen molar-refractivity contribution >= 4 is 55.6 Å². The van der Waals surface area contributed by atoms with Crippen molar-refractivity contribution in [2.45, 2.75) is 4.21 Å². The number of hydrogen-bond acceptors (Lipinski definition) is 7. The molecule has 0 saturated carbocycles. The number of fused-ring (bicyclic) bond motifs is 1. The molecule has 0 atom stereocenters. The lowest BCUT2D eigenvalue weighted by Gasteiger charge is -2.33. The van der Waals surface area contributed by atoms with Gasteiger partial charge < -0.3 is 14.4 Å². The molecule has 2 heterocycles. The molecule has 1 aliphatic rings. The summed E-state index contributed by atoms with van der Waals surface area (Å²) < 4.78 is 37.6. The molecule has 3 aromatic rings. The second kappa shape index (κ2) is 9.68. The Morgan fingerprint density at radius 1 is 1.06 bits per heavy atom. The first-order valence-corrected chi connectivity index (χ1v) is 12.8. The van der Waals surface area contributed by atoms with Crippen molar-refractivity contribution in [2.24, 2.45) is 0 Å². The smallest absolute Gasteiger partial charge is 0.338 e. The van der Waals surface area contributed by atoms with Crippen molar-refractivity contribution in [1.82, 2.24) is 9.21 Å². The van der Waals surface area contributed by atoms with Crippen LogP contribution in [0, 0.1) is 0 Å². The maximum Gasteiger partial charge on any atom is 0.338 e. The zero-order chi connectivity index (χ0) is 23.6. The van der Waals surface area contributed by atoms with Gasteiger partial charge in [0.25, 0.3) is 15.9 Å². The van der Waals surface area contributed by atoms with Gasteiger partial charge in [-0.2, -0.15) is 4.31 Å². The first kappa shape index (κ1) is 23.5. The molecule has 1 amide bonds. The summed E-state index contributed by atoms with van der Waals surface area (Å²) in [5.41, 5.74) is 0.196. The number of carbonyl (C=O) groups excluding carboxylic acids is 2. The first-order valence-electron chi connectivity index (χ1n) is 10.1. The molecule has 174 valence electrons. The number of rotatable bonds is 6. The van der Waals surface area contributed by atoms with Crippen LogP contribution in [0.2, 0.25) is 5.02 Å². The lowest BCUT2D eigenvalue weighted by Crippen LogP contribution is -2.51. The summed E-state index contributed by atoms with van der Waals surface area (Å²) in [5, 5.41) is 3.71. The number of thiophene rings is 1. The van der Waals surface area contributed by atoms with E-state index in [2.05, 4.69) is 4.74 Å². The number of carbonyl (C=O) groups is 2. The molecule has 4 rings (SSSR count). The monoisotopic (exact) mass is 508 g/mol. The Labute approximate surface area is 200 Å². The lowest BCUT2D eigenvalue weighted by atomic mass is 10.1. The fourth-order valence-electron chi connectivity index (χ4n) is 3.57. The Kier molecular flexibility index (Phi) is 6.89. The molecule has 1 aromatic heterocycles. The highest BCUT2D eigenvalue weighted by Gasteiger charge is 2.31. The zero-order valence-electron chi connectivity index (χ0n) is 17.7. The molecule has 33 heavy (non-hydrogen) atoms. The predicted molar refractivity (Wildman–Crippen MR) is 125 cm³/mol. The van der Waals surface area contributed by atoms with Gasteiger partial charge in [0.1, 0.15) is 9.96 Å². The third-order valence-electron chi connectivity index (χ3n) is 5.36. The van der Waals surface area contributed by atoms with E-state index in [0.717, 1.165) is 22.1 Å². The molecule has 11 heteroatoms. The van der Waals surface area contributed by atoms with E-state index in [0.29, 0.717) is 10.8 Å². The van der Waals surface area contributed by atoms with Gasteiger partial charge in [0.2, 0.25) is 0 Å². The van der Waals surface area contributed by atoms with Gasteiger partial charge in [0, 0.05) is 47.4 Å². The number of hydrogen-bond donors (Lipinski definition) is 0. The molecule has 1 aliphatic heterocycles. The van der Waals surface area contributed by atoms with E-state index < -0.39 is 16.0 Å². The number of esters is 1. The van der Waals surface area contributed by atoms with Crippen LogP contribution in [0.1, 0.15) is 10.4 Å². The fraction of sp³-hybridized carbons (Fsp3) is 0.273. The van der Waals surface area contributed by atoms with E-state index >= 15 is 0 Å². The van der Waals surface area contributed by atoms with Crippen LogP contribution < -0.4 is 4.74 Å². The van der Waals surface area contributed by atoms with Crippen LogP contribution in [-0.2, 0) is 19.6 Å². The molecule has 0 N–H and O–H groups in total. The molecule has 0 spiro atoms. The van der Waals surface area contributed by atoms with Crippen LogP contribution in [0.5, 0.6) is 5.75 Å². The summed E-state index contributed by atoms with van der Waals surface area (Å²) in [4.78, 5) is 25.9. The Hall–Kier alpha value is -2.66.